The number of rotatable bonds is 2. The summed E-state index contributed by atoms with van der Waals surface area (Å²) in [5.41, 5.74) is 0. The van der Waals surface area contributed by atoms with Crippen molar-refractivity contribution in [3.63, 3.8) is 0 Å². The van der Waals surface area contributed by atoms with E-state index in [0.717, 1.165) is 18.6 Å². The predicted octanol–water partition coefficient (Wildman–Crippen LogP) is -2.68. The van der Waals surface area contributed by atoms with Gasteiger partial charge in [-0.05, 0) is 18.6 Å². The number of hydrogen-bond donors (Lipinski definition) is 1. The van der Waals surface area contributed by atoms with Gasteiger partial charge in [-0.25, -0.2) is 13.1 Å². The van der Waals surface area contributed by atoms with Crippen LogP contribution in [0.15, 0.2) is 0 Å². The summed E-state index contributed by atoms with van der Waals surface area (Å²) >= 11 is 1.81. The Morgan fingerprint density at radius 3 is 2.62 bits per heavy atom. The average Bonchev–Trinajstić information content (AvgIpc) is 1.82. The van der Waals surface area contributed by atoms with Crippen molar-refractivity contribution in [1.82, 2.24) is 4.72 Å². The first-order chi connectivity index (χ1) is 5.47. The Kier molecular flexibility index (Phi) is 6.50. The van der Waals surface area contributed by atoms with E-state index in [9.17, 15) is 13.0 Å². The molecule has 1 aliphatic rings. The van der Waals surface area contributed by atoms with Crippen molar-refractivity contribution in [3.8, 4) is 0 Å². The van der Waals surface area contributed by atoms with E-state index in [-0.39, 0.29) is 35.6 Å². The Hall–Kier alpha value is 1.22. The van der Waals surface area contributed by atoms with Crippen LogP contribution in [0.25, 0.3) is 0 Å². The molecule has 0 saturated carbocycles. The molecule has 0 aromatic heterocycles. The zero-order valence-corrected chi connectivity index (χ0v) is 11.5. The fraction of sp³-hybridized carbons (Fsp3) is 1.00. The Labute approximate surface area is 105 Å². The molecule has 1 fully saturated rings. The maximum atomic E-state index is 10.3. The van der Waals surface area contributed by atoms with Gasteiger partial charge < -0.3 is 4.55 Å². The Bertz CT molecular complexity index is 244. The first-order valence-corrected chi connectivity index (χ1v) is 6.28. The average molecular weight is 233 g/mol. The molecule has 1 N–H and O–H groups in total. The smallest absolute Gasteiger partial charge is 0.735 e. The Morgan fingerprint density at radius 2 is 2.15 bits per heavy atom. The van der Waals surface area contributed by atoms with Crippen molar-refractivity contribution in [1.29, 1.82) is 0 Å². The molecule has 0 amide bonds. The van der Waals surface area contributed by atoms with Crippen LogP contribution in [-0.2, 0) is 10.3 Å². The van der Waals surface area contributed by atoms with Crippen LogP contribution in [0.4, 0.5) is 0 Å². The second kappa shape index (κ2) is 5.95. The molecule has 72 valence electrons. The summed E-state index contributed by atoms with van der Waals surface area (Å²) in [5.74, 6) is 0.925. The molecule has 4 nitrogen and oxygen atoms in total. The van der Waals surface area contributed by atoms with Gasteiger partial charge in [-0.3, -0.25) is 0 Å². The van der Waals surface area contributed by atoms with Crippen molar-refractivity contribution in [2.75, 3.05) is 5.75 Å². The van der Waals surface area contributed by atoms with Gasteiger partial charge in [0.2, 0.25) is 0 Å². The molecular formula is C6H12NNaO3S2. The van der Waals surface area contributed by atoms with E-state index in [0.29, 0.717) is 5.25 Å². The third-order valence-corrected chi connectivity index (χ3v) is 3.65. The minimum absolute atomic E-state index is 0. The van der Waals surface area contributed by atoms with E-state index in [2.05, 4.69) is 4.72 Å². The van der Waals surface area contributed by atoms with Crippen LogP contribution in [0.1, 0.15) is 19.8 Å². The molecule has 1 heterocycles. The zero-order chi connectivity index (χ0) is 9.19. The van der Waals surface area contributed by atoms with Gasteiger partial charge >= 0.3 is 29.6 Å². The summed E-state index contributed by atoms with van der Waals surface area (Å²) in [6.45, 7) is 2.04. The van der Waals surface area contributed by atoms with Crippen LogP contribution in [0, 0.1) is 0 Å². The van der Waals surface area contributed by atoms with Crippen molar-refractivity contribution in [3.05, 3.63) is 0 Å². The fourth-order valence-electron chi connectivity index (χ4n) is 1.31. The van der Waals surface area contributed by atoms with E-state index in [1.165, 1.54) is 0 Å². The van der Waals surface area contributed by atoms with Crippen molar-refractivity contribution < 1.29 is 42.5 Å². The van der Waals surface area contributed by atoms with Crippen LogP contribution in [0.5, 0.6) is 0 Å². The van der Waals surface area contributed by atoms with Crippen LogP contribution in [0.2, 0.25) is 0 Å². The van der Waals surface area contributed by atoms with Crippen LogP contribution >= 0.6 is 11.8 Å². The standard InChI is InChI=1S/C6H13NO3S2.Na/c1-5-4-6(2-3-11-5)7-12(8,9)10;/h5-7H,2-4H2,1H3,(H,8,9,10);/q;+1/p-1. The van der Waals surface area contributed by atoms with Crippen LogP contribution in [-0.4, -0.2) is 30.0 Å². The molecular weight excluding hydrogens is 221 g/mol. The minimum Gasteiger partial charge on any atom is -0.735 e. The first-order valence-electron chi connectivity index (χ1n) is 3.82. The van der Waals surface area contributed by atoms with E-state index in [4.69, 9.17) is 0 Å². The van der Waals surface area contributed by atoms with Crippen molar-refractivity contribution in [2.45, 2.75) is 31.1 Å². The Morgan fingerprint density at radius 1 is 1.54 bits per heavy atom. The van der Waals surface area contributed by atoms with Gasteiger partial charge in [0, 0.05) is 11.3 Å². The SMILES string of the molecule is CC1CC(NS(=O)(=O)[O-])CCS1.[Na+]. The molecule has 0 aromatic carbocycles. The summed E-state index contributed by atoms with van der Waals surface area (Å²) in [6.07, 6.45) is 1.52. The van der Waals surface area contributed by atoms with Gasteiger partial charge in [-0.2, -0.15) is 11.8 Å². The molecule has 0 radical (unpaired) electrons. The molecule has 13 heavy (non-hydrogen) atoms. The number of nitrogens with one attached hydrogen (secondary N) is 1. The van der Waals surface area contributed by atoms with E-state index >= 15 is 0 Å². The van der Waals surface area contributed by atoms with Gasteiger partial charge in [-0.15, -0.1) is 0 Å². The second-order valence-electron chi connectivity index (χ2n) is 2.97. The topological polar surface area (TPSA) is 69.2 Å². The molecule has 0 bridgehead atoms. The molecule has 1 aliphatic heterocycles. The summed E-state index contributed by atoms with van der Waals surface area (Å²) in [4.78, 5) is 0. The molecule has 2 atom stereocenters. The van der Waals surface area contributed by atoms with Gasteiger partial charge in [0.1, 0.15) is 0 Å². The zero-order valence-electron chi connectivity index (χ0n) is 7.82. The molecule has 0 aliphatic carbocycles. The monoisotopic (exact) mass is 233 g/mol. The van der Waals surface area contributed by atoms with Gasteiger partial charge in [0.15, 0.2) is 10.3 Å². The van der Waals surface area contributed by atoms with E-state index in [1.807, 2.05) is 18.7 Å². The van der Waals surface area contributed by atoms with E-state index in [1.54, 1.807) is 0 Å². The number of thioether (sulfide) groups is 1. The minimum atomic E-state index is -4.26. The molecule has 2 unspecified atom stereocenters. The summed E-state index contributed by atoms with van der Waals surface area (Å²) in [6, 6.07) is -0.149. The summed E-state index contributed by atoms with van der Waals surface area (Å²) in [5, 5.41) is 0.443. The maximum absolute atomic E-state index is 10.3. The summed E-state index contributed by atoms with van der Waals surface area (Å²) in [7, 11) is -4.26. The summed E-state index contributed by atoms with van der Waals surface area (Å²) < 4.78 is 33.1. The largest absolute Gasteiger partial charge is 1.00 e. The molecule has 7 heteroatoms. The van der Waals surface area contributed by atoms with Crippen molar-refractivity contribution >= 4 is 22.1 Å². The second-order valence-corrected chi connectivity index (χ2v) is 5.66. The molecule has 1 saturated heterocycles. The van der Waals surface area contributed by atoms with Crippen LogP contribution in [0.3, 0.4) is 0 Å². The van der Waals surface area contributed by atoms with Crippen molar-refractivity contribution in [2.24, 2.45) is 0 Å². The molecule has 0 aromatic rings. The first kappa shape index (κ1) is 14.2. The predicted molar refractivity (Wildman–Crippen MR) is 47.8 cm³/mol. The third-order valence-electron chi connectivity index (χ3n) is 1.80. The van der Waals surface area contributed by atoms with Gasteiger partial charge in [-0.1, -0.05) is 6.92 Å². The van der Waals surface area contributed by atoms with Gasteiger partial charge in [0.05, 0.1) is 0 Å². The third kappa shape index (κ3) is 6.33. The normalized spacial score (nSPS) is 29.4. The fourth-order valence-corrected chi connectivity index (χ4v) is 3.12. The molecule has 0 spiro atoms. The Balaban J connectivity index is 0.00000144. The molecule has 1 rings (SSSR count). The van der Waals surface area contributed by atoms with E-state index < -0.39 is 10.3 Å². The maximum Gasteiger partial charge on any atom is 1.00 e. The van der Waals surface area contributed by atoms with Gasteiger partial charge in [0.25, 0.3) is 0 Å². The van der Waals surface area contributed by atoms with Crippen LogP contribution < -0.4 is 34.3 Å². The number of hydrogen-bond acceptors (Lipinski definition) is 4. The quantitative estimate of drug-likeness (QED) is 0.417.